The number of benzene rings is 1. The van der Waals surface area contributed by atoms with Gasteiger partial charge in [0, 0.05) is 11.6 Å². The molecule has 0 spiro atoms. The molecule has 3 nitrogen and oxygen atoms in total. The van der Waals surface area contributed by atoms with Crippen molar-refractivity contribution >= 4 is 0 Å². The number of hydrogen-bond donors (Lipinski definition) is 1. The summed E-state index contributed by atoms with van der Waals surface area (Å²) in [6, 6.07) is 4.75. The molecule has 0 saturated carbocycles. The summed E-state index contributed by atoms with van der Waals surface area (Å²) < 4.78 is 25.0. The predicted molar refractivity (Wildman–Crippen MR) is 77.6 cm³/mol. The first kappa shape index (κ1) is 15.3. The van der Waals surface area contributed by atoms with Crippen LogP contribution in [0.1, 0.15) is 45.2 Å². The fourth-order valence-corrected chi connectivity index (χ4v) is 2.60. The van der Waals surface area contributed by atoms with Gasteiger partial charge >= 0.3 is 0 Å². The van der Waals surface area contributed by atoms with Crippen molar-refractivity contribution in [2.45, 2.75) is 51.9 Å². The summed E-state index contributed by atoms with van der Waals surface area (Å²) in [6.45, 7) is 7.49. The van der Waals surface area contributed by atoms with Crippen LogP contribution in [0.4, 0.5) is 4.39 Å². The molecule has 1 aromatic rings. The van der Waals surface area contributed by atoms with E-state index in [2.05, 4.69) is 12.2 Å². The van der Waals surface area contributed by atoms with E-state index in [1.807, 2.05) is 13.8 Å². The molecule has 1 fully saturated rings. The molecule has 1 aliphatic heterocycles. The van der Waals surface area contributed by atoms with Gasteiger partial charge in [0.2, 0.25) is 0 Å². The van der Waals surface area contributed by atoms with Crippen LogP contribution in [-0.2, 0) is 4.74 Å². The second-order valence-electron chi connectivity index (χ2n) is 5.42. The average molecular weight is 281 g/mol. The Labute approximate surface area is 120 Å². The highest BCUT2D eigenvalue weighted by atomic mass is 19.1. The van der Waals surface area contributed by atoms with E-state index in [4.69, 9.17) is 9.47 Å². The first-order valence-electron chi connectivity index (χ1n) is 7.41. The molecule has 3 unspecified atom stereocenters. The fourth-order valence-electron chi connectivity index (χ4n) is 2.60. The van der Waals surface area contributed by atoms with E-state index in [-0.39, 0.29) is 18.0 Å². The van der Waals surface area contributed by atoms with Crippen LogP contribution in [0, 0.1) is 5.82 Å². The Kier molecular flexibility index (Phi) is 5.38. The Morgan fingerprint density at radius 1 is 1.45 bits per heavy atom. The Morgan fingerprint density at radius 3 is 2.90 bits per heavy atom. The lowest BCUT2D eigenvalue weighted by Gasteiger charge is -2.19. The summed E-state index contributed by atoms with van der Waals surface area (Å²) in [4.78, 5) is 0. The van der Waals surface area contributed by atoms with Gasteiger partial charge in [0.25, 0.3) is 0 Å². The monoisotopic (exact) mass is 281 g/mol. The second kappa shape index (κ2) is 7.04. The van der Waals surface area contributed by atoms with Gasteiger partial charge in [0.1, 0.15) is 18.2 Å². The van der Waals surface area contributed by atoms with Crippen molar-refractivity contribution in [3.8, 4) is 5.75 Å². The third-order valence-electron chi connectivity index (χ3n) is 3.69. The molecule has 1 saturated heterocycles. The lowest BCUT2D eigenvalue weighted by atomic mass is 10.1. The van der Waals surface area contributed by atoms with E-state index in [0.29, 0.717) is 12.7 Å². The van der Waals surface area contributed by atoms with E-state index in [1.165, 1.54) is 6.07 Å². The normalized spacial score (nSPS) is 23.8. The highest BCUT2D eigenvalue weighted by Crippen LogP contribution is 2.27. The maximum absolute atomic E-state index is 13.4. The van der Waals surface area contributed by atoms with Crippen molar-refractivity contribution < 1.29 is 13.9 Å². The van der Waals surface area contributed by atoms with Crippen molar-refractivity contribution in [3.63, 3.8) is 0 Å². The molecule has 0 amide bonds. The van der Waals surface area contributed by atoms with E-state index in [9.17, 15) is 4.39 Å². The summed E-state index contributed by atoms with van der Waals surface area (Å²) in [6.07, 6.45) is 2.58. The molecule has 0 aromatic heterocycles. The fraction of sp³-hybridized carbons (Fsp3) is 0.625. The molecule has 1 heterocycles. The Morgan fingerprint density at radius 2 is 2.25 bits per heavy atom. The molecule has 112 valence electrons. The molecule has 1 aromatic carbocycles. The number of rotatable bonds is 6. The van der Waals surface area contributed by atoms with Crippen LogP contribution in [0.3, 0.4) is 0 Å². The van der Waals surface area contributed by atoms with Gasteiger partial charge in [-0.2, -0.15) is 0 Å². The van der Waals surface area contributed by atoms with Gasteiger partial charge in [-0.1, -0.05) is 6.92 Å². The van der Waals surface area contributed by atoms with Crippen LogP contribution < -0.4 is 10.1 Å². The molecule has 0 bridgehead atoms. The minimum absolute atomic E-state index is 0.0640. The van der Waals surface area contributed by atoms with Gasteiger partial charge in [-0.05, 0) is 51.4 Å². The maximum atomic E-state index is 13.4. The Hall–Kier alpha value is -1.13. The van der Waals surface area contributed by atoms with Crippen LogP contribution in [0.25, 0.3) is 0 Å². The zero-order valence-corrected chi connectivity index (χ0v) is 12.5. The molecular weight excluding hydrogens is 257 g/mol. The van der Waals surface area contributed by atoms with Crippen LogP contribution in [0.5, 0.6) is 5.75 Å². The highest BCUT2D eigenvalue weighted by molar-refractivity contribution is 5.36. The maximum Gasteiger partial charge on any atom is 0.124 e. The molecule has 20 heavy (non-hydrogen) atoms. The average Bonchev–Trinajstić information content (AvgIpc) is 2.83. The van der Waals surface area contributed by atoms with Crippen molar-refractivity contribution in [2.24, 2.45) is 0 Å². The highest BCUT2D eigenvalue weighted by Gasteiger charge is 2.23. The van der Waals surface area contributed by atoms with Crippen LogP contribution in [0.15, 0.2) is 18.2 Å². The molecule has 1 N–H and O–H groups in total. The van der Waals surface area contributed by atoms with Crippen molar-refractivity contribution in [1.82, 2.24) is 5.32 Å². The summed E-state index contributed by atoms with van der Waals surface area (Å²) >= 11 is 0. The Balaban J connectivity index is 2.02. The summed E-state index contributed by atoms with van der Waals surface area (Å²) in [5.74, 6) is 0.505. The van der Waals surface area contributed by atoms with Crippen molar-refractivity contribution in [2.75, 3.05) is 13.2 Å². The quantitative estimate of drug-likeness (QED) is 0.866. The molecule has 0 radical (unpaired) electrons. The van der Waals surface area contributed by atoms with E-state index >= 15 is 0 Å². The largest absolute Gasteiger partial charge is 0.491 e. The van der Waals surface area contributed by atoms with Crippen LogP contribution in [0.2, 0.25) is 0 Å². The first-order valence-corrected chi connectivity index (χ1v) is 7.41. The topological polar surface area (TPSA) is 30.5 Å². The smallest absolute Gasteiger partial charge is 0.124 e. The Bertz CT molecular complexity index is 438. The standard InChI is InChI=1S/C16H24FNO2/c1-4-18-12(3)15-9-13(17)6-8-16(15)19-10-14-7-5-11(2)20-14/h6,8-9,11-12,14,18H,4-5,7,10H2,1-3H3. The van der Waals surface area contributed by atoms with Crippen molar-refractivity contribution in [3.05, 3.63) is 29.6 Å². The SMILES string of the molecule is CCNC(C)c1cc(F)ccc1OCC1CCC(C)O1. The third kappa shape index (κ3) is 3.93. The number of ether oxygens (including phenoxy) is 2. The van der Waals surface area contributed by atoms with Crippen LogP contribution >= 0.6 is 0 Å². The van der Waals surface area contributed by atoms with Gasteiger partial charge in [-0.25, -0.2) is 4.39 Å². The van der Waals surface area contributed by atoms with Crippen LogP contribution in [-0.4, -0.2) is 25.4 Å². The lowest BCUT2D eigenvalue weighted by molar-refractivity contribution is 0.0261. The number of nitrogens with one attached hydrogen (secondary N) is 1. The number of hydrogen-bond acceptors (Lipinski definition) is 3. The number of halogens is 1. The summed E-state index contributed by atoms with van der Waals surface area (Å²) in [5.41, 5.74) is 0.859. The summed E-state index contributed by atoms with van der Waals surface area (Å²) in [7, 11) is 0. The van der Waals surface area contributed by atoms with E-state index in [0.717, 1.165) is 30.7 Å². The van der Waals surface area contributed by atoms with Gasteiger partial charge in [0.15, 0.2) is 0 Å². The van der Waals surface area contributed by atoms with E-state index in [1.54, 1.807) is 12.1 Å². The molecule has 3 atom stereocenters. The summed E-state index contributed by atoms with van der Waals surface area (Å²) in [5, 5.41) is 3.29. The molecule has 1 aliphatic rings. The predicted octanol–water partition coefficient (Wildman–Crippen LogP) is 3.44. The molecule has 0 aliphatic carbocycles. The zero-order chi connectivity index (χ0) is 14.5. The molecule has 2 rings (SSSR count). The zero-order valence-electron chi connectivity index (χ0n) is 12.5. The second-order valence-corrected chi connectivity index (χ2v) is 5.42. The molecular formula is C16H24FNO2. The minimum atomic E-state index is -0.233. The van der Waals surface area contributed by atoms with Gasteiger partial charge < -0.3 is 14.8 Å². The van der Waals surface area contributed by atoms with Crippen molar-refractivity contribution in [1.29, 1.82) is 0 Å². The third-order valence-corrected chi connectivity index (χ3v) is 3.69. The first-order chi connectivity index (χ1) is 9.60. The lowest BCUT2D eigenvalue weighted by Crippen LogP contribution is -2.21. The van der Waals surface area contributed by atoms with Gasteiger partial charge in [-0.3, -0.25) is 0 Å². The van der Waals surface area contributed by atoms with Gasteiger partial charge in [-0.15, -0.1) is 0 Å². The minimum Gasteiger partial charge on any atom is -0.491 e. The van der Waals surface area contributed by atoms with E-state index < -0.39 is 0 Å². The van der Waals surface area contributed by atoms with Gasteiger partial charge in [0.05, 0.1) is 12.2 Å². The molecule has 4 heteroatoms.